The van der Waals surface area contributed by atoms with Gasteiger partial charge in [-0.25, -0.2) is 0 Å². The Labute approximate surface area is 106 Å². The minimum absolute atomic E-state index is 0.254. The van der Waals surface area contributed by atoms with Crippen molar-refractivity contribution in [3.05, 3.63) is 48.0 Å². The van der Waals surface area contributed by atoms with Crippen molar-refractivity contribution >= 4 is 8.07 Å². The van der Waals surface area contributed by atoms with E-state index in [1.165, 1.54) is 11.6 Å². The first kappa shape index (κ1) is 14.2. The SMILES string of the molecule is C[Si](C)(C)C/C=C\CC(O)Cc1ccccc1. The highest BCUT2D eigenvalue weighted by Gasteiger charge is 2.09. The van der Waals surface area contributed by atoms with E-state index in [-0.39, 0.29) is 6.10 Å². The fourth-order valence-corrected chi connectivity index (χ4v) is 2.53. The molecule has 1 rings (SSSR count). The molecule has 1 unspecified atom stereocenters. The maximum Gasteiger partial charge on any atom is 0.0614 e. The van der Waals surface area contributed by atoms with E-state index in [0.717, 1.165) is 12.8 Å². The maximum atomic E-state index is 9.89. The van der Waals surface area contributed by atoms with Gasteiger partial charge in [0.25, 0.3) is 0 Å². The molecule has 0 aliphatic carbocycles. The van der Waals surface area contributed by atoms with Crippen molar-refractivity contribution in [2.24, 2.45) is 0 Å². The van der Waals surface area contributed by atoms with Crippen LogP contribution in [0.1, 0.15) is 12.0 Å². The van der Waals surface area contributed by atoms with E-state index in [1.807, 2.05) is 18.2 Å². The lowest BCUT2D eigenvalue weighted by Gasteiger charge is -2.12. The zero-order valence-corrected chi connectivity index (χ0v) is 12.2. The molecule has 17 heavy (non-hydrogen) atoms. The molecule has 94 valence electrons. The zero-order chi connectivity index (χ0) is 12.7. The van der Waals surface area contributed by atoms with Gasteiger partial charge in [0.2, 0.25) is 0 Å². The van der Waals surface area contributed by atoms with Gasteiger partial charge in [-0.15, -0.1) is 0 Å². The van der Waals surface area contributed by atoms with Crippen LogP contribution in [0.2, 0.25) is 25.7 Å². The molecule has 1 atom stereocenters. The Balaban J connectivity index is 2.28. The first-order valence-corrected chi connectivity index (χ1v) is 10.0. The molecule has 0 aliphatic heterocycles. The summed E-state index contributed by atoms with van der Waals surface area (Å²) in [6.45, 7) is 7.08. The lowest BCUT2D eigenvalue weighted by molar-refractivity contribution is 0.178. The number of aliphatic hydroxyl groups excluding tert-OH is 1. The Bertz CT molecular complexity index is 338. The Morgan fingerprint density at radius 2 is 1.76 bits per heavy atom. The summed E-state index contributed by atoms with van der Waals surface area (Å²) >= 11 is 0. The van der Waals surface area contributed by atoms with E-state index >= 15 is 0 Å². The lowest BCUT2D eigenvalue weighted by atomic mass is 10.1. The van der Waals surface area contributed by atoms with Crippen LogP contribution < -0.4 is 0 Å². The van der Waals surface area contributed by atoms with E-state index in [0.29, 0.717) is 0 Å². The average Bonchev–Trinajstić information content (AvgIpc) is 2.25. The summed E-state index contributed by atoms with van der Waals surface area (Å²) in [6.07, 6.45) is 5.62. The van der Waals surface area contributed by atoms with Crippen LogP contribution in [-0.2, 0) is 6.42 Å². The van der Waals surface area contributed by atoms with Gasteiger partial charge in [-0.05, 0) is 24.4 Å². The fourth-order valence-electron chi connectivity index (χ4n) is 1.66. The van der Waals surface area contributed by atoms with Crippen molar-refractivity contribution in [2.45, 2.75) is 44.6 Å². The molecule has 0 fully saturated rings. The van der Waals surface area contributed by atoms with Crippen LogP contribution in [0.5, 0.6) is 0 Å². The topological polar surface area (TPSA) is 20.2 Å². The summed E-state index contributed by atoms with van der Waals surface area (Å²) in [5, 5.41) is 9.89. The predicted octanol–water partition coefficient (Wildman–Crippen LogP) is 3.87. The van der Waals surface area contributed by atoms with Gasteiger partial charge in [-0.1, -0.05) is 62.1 Å². The Hall–Kier alpha value is -0.863. The molecule has 0 spiro atoms. The molecule has 1 aromatic carbocycles. The molecule has 1 aromatic rings. The minimum atomic E-state index is -0.972. The van der Waals surface area contributed by atoms with Crippen molar-refractivity contribution in [1.82, 2.24) is 0 Å². The van der Waals surface area contributed by atoms with Crippen LogP contribution in [0.3, 0.4) is 0 Å². The zero-order valence-electron chi connectivity index (χ0n) is 11.2. The highest BCUT2D eigenvalue weighted by molar-refractivity contribution is 6.76. The second-order valence-electron chi connectivity index (χ2n) is 5.82. The average molecular weight is 248 g/mol. The standard InChI is InChI=1S/C15H24OSi/c1-17(2,3)12-8-7-11-15(16)13-14-9-5-4-6-10-14/h4-10,15-16H,11-13H2,1-3H3/b8-7-. The summed E-state index contributed by atoms with van der Waals surface area (Å²) in [5.74, 6) is 0. The van der Waals surface area contributed by atoms with Crippen molar-refractivity contribution in [3.63, 3.8) is 0 Å². The monoisotopic (exact) mass is 248 g/mol. The minimum Gasteiger partial charge on any atom is -0.392 e. The van der Waals surface area contributed by atoms with Gasteiger partial charge in [0.05, 0.1) is 6.10 Å². The van der Waals surface area contributed by atoms with Crippen molar-refractivity contribution < 1.29 is 5.11 Å². The predicted molar refractivity (Wildman–Crippen MR) is 78.1 cm³/mol. The largest absolute Gasteiger partial charge is 0.392 e. The third-order valence-electron chi connectivity index (χ3n) is 2.62. The Morgan fingerprint density at radius 1 is 1.12 bits per heavy atom. The van der Waals surface area contributed by atoms with Crippen LogP contribution in [0, 0.1) is 0 Å². The number of benzene rings is 1. The van der Waals surface area contributed by atoms with E-state index in [1.54, 1.807) is 0 Å². The Kier molecular flexibility index (Phi) is 5.66. The maximum absolute atomic E-state index is 9.89. The molecule has 2 heteroatoms. The highest BCUT2D eigenvalue weighted by Crippen LogP contribution is 2.10. The fraction of sp³-hybridized carbons (Fsp3) is 0.467. The molecule has 0 saturated heterocycles. The van der Waals surface area contributed by atoms with Gasteiger partial charge < -0.3 is 5.11 Å². The molecule has 0 aliphatic rings. The van der Waals surface area contributed by atoms with E-state index < -0.39 is 8.07 Å². The summed E-state index contributed by atoms with van der Waals surface area (Å²) in [7, 11) is -0.972. The first-order chi connectivity index (χ1) is 7.97. The van der Waals surface area contributed by atoms with Crippen molar-refractivity contribution in [3.8, 4) is 0 Å². The number of hydrogen-bond donors (Lipinski definition) is 1. The molecular formula is C15H24OSi. The van der Waals surface area contributed by atoms with Crippen LogP contribution in [-0.4, -0.2) is 19.3 Å². The van der Waals surface area contributed by atoms with Gasteiger partial charge in [0.15, 0.2) is 0 Å². The van der Waals surface area contributed by atoms with Crippen LogP contribution >= 0.6 is 0 Å². The van der Waals surface area contributed by atoms with Crippen LogP contribution in [0.25, 0.3) is 0 Å². The number of aliphatic hydroxyl groups is 1. The molecule has 1 N–H and O–H groups in total. The molecule has 0 aromatic heterocycles. The van der Waals surface area contributed by atoms with Crippen molar-refractivity contribution in [1.29, 1.82) is 0 Å². The first-order valence-electron chi connectivity index (χ1n) is 6.34. The third-order valence-corrected chi connectivity index (χ3v) is 4.08. The Morgan fingerprint density at radius 3 is 2.35 bits per heavy atom. The molecule has 1 nitrogen and oxygen atoms in total. The second kappa shape index (κ2) is 6.77. The number of rotatable bonds is 6. The van der Waals surface area contributed by atoms with Gasteiger partial charge in [-0.2, -0.15) is 0 Å². The number of allylic oxidation sites excluding steroid dienone is 1. The molecular weight excluding hydrogens is 224 g/mol. The number of hydrogen-bond acceptors (Lipinski definition) is 1. The molecule has 0 radical (unpaired) electrons. The molecule has 0 heterocycles. The van der Waals surface area contributed by atoms with E-state index in [9.17, 15) is 5.11 Å². The van der Waals surface area contributed by atoms with Crippen LogP contribution in [0.4, 0.5) is 0 Å². The highest BCUT2D eigenvalue weighted by atomic mass is 28.3. The van der Waals surface area contributed by atoms with Crippen molar-refractivity contribution in [2.75, 3.05) is 0 Å². The van der Waals surface area contributed by atoms with Gasteiger partial charge in [0.1, 0.15) is 0 Å². The summed E-state index contributed by atoms with van der Waals surface area (Å²) in [5.41, 5.74) is 1.21. The lowest BCUT2D eigenvalue weighted by Crippen LogP contribution is -2.17. The molecule has 0 amide bonds. The van der Waals surface area contributed by atoms with Gasteiger partial charge in [-0.3, -0.25) is 0 Å². The smallest absolute Gasteiger partial charge is 0.0614 e. The summed E-state index contributed by atoms with van der Waals surface area (Å²) in [6, 6.07) is 11.4. The molecule has 0 bridgehead atoms. The van der Waals surface area contributed by atoms with E-state index in [2.05, 4.69) is 43.9 Å². The van der Waals surface area contributed by atoms with Gasteiger partial charge >= 0.3 is 0 Å². The summed E-state index contributed by atoms with van der Waals surface area (Å²) in [4.78, 5) is 0. The molecule has 0 saturated carbocycles. The van der Waals surface area contributed by atoms with Crippen LogP contribution in [0.15, 0.2) is 42.5 Å². The second-order valence-corrected chi connectivity index (χ2v) is 11.3. The normalized spacial score (nSPS) is 14.1. The van der Waals surface area contributed by atoms with Gasteiger partial charge in [0, 0.05) is 8.07 Å². The third kappa shape index (κ3) is 7.13. The quantitative estimate of drug-likeness (QED) is 0.598. The van der Waals surface area contributed by atoms with E-state index in [4.69, 9.17) is 0 Å². The summed E-state index contributed by atoms with van der Waals surface area (Å²) < 4.78 is 0.